The largest absolute Gasteiger partial charge is 0.364 e. The Balaban J connectivity index is 2.11. The number of hydrogen-bond donors (Lipinski definition) is 1. The van der Waals surface area contributed by atoms with E-state index < -0.39 is 0 Å². The summed E-state index contributed by atoms with van der Waals surface area (Å²) >= 11 is 1.48. The highest BCUT2D eigenvalue weighted by Crippen LogP contribution is 2.36. The van der Waals surface area contributed by atoms with Crippen LogP contribution in [-0.2, 0) is 0 Å². The number of piperidine rings is 1. The van der Waals surface area contributed by atoms with E-state index >= 15 is 0 Å². The molecule has 1 aliphatic rings. The molecule has 0 spiro atoms. The van der Waals surface area contributed by atoms with Gasteiger partial charge in [0, 0.05) is 25.2 Å². The molecule has 2 heterocycles. The van der Waals surface area contributed by atoms with Crippen LogP contribution in [0.4, 0.5) is 11.4 Å². The fourth-order valence-corrected chi connectivity index (χ4v) is 3.54. The predicted molar refractivity (Wildman–Crippen MR) is 80.4 cm³/mol. The van der Waals surface area contributed by atoms with Gasteiger partial charge in [-0.25, -0.2) is 4.98 Å². The van der Waals surface area contributed by atoms with E-state index in [1.54, 1.807) is 6.07 Å². The fraction of sp³-hybridized carbons (Fsp3) is 0.462. The molecule has 0 radical (unpaired) electrons. The molecule has 7 heteroatoms. The zero-order chi connectivity index (χ0) is 14.3. The molecule has 0 unspecified atom stereocenters. The predicted octanol–water partition coefficient (Wildman–Crippen LogP) is 2.44. The van der Waals surface area contributed by atoms with E-state index in [4.69, 9.17) is 5.73 Å². The van der Waals surface area contributed by atoms with Crippen molar-refractivity contribution in [2.45, 2.75) is 25.8 Å². The van der Waals surface area contributed by atoms with Gasteiger partial charge in [-0.05, 0) is 25.8 Å². The van der Waals surface area contributed by atoms with Crippen LogP contribution >= 0.6 is 11.3 Å². The van der Waals surface area contributed by atoms with E-state index in [9.17, 15) is 10.1 Å². The number of nitro benzene ring substituents is 1. The first-order valence-corrected chi connectivity index (χ1v) is 7.42. The molecule has 2 aromatic rings. The molecular weight excluding hydrogens is 276 g/mol. The van der Waals surface area contributed by atoms with Crippen molar-refractivity contribution in [3.05, 3.63) is 27.3 Å². The molecule has 106 valence electrons. The number of nitrogens with two attached hydrogens (primary N) is 1. The molecule has 0 bridgehead atoms. The summed E-state index contributed by atoms with van der Waals surface area (Å²) in [7, 11) is 0. The van der Waals surface area contributed by atoms with Crippen molar-refractivity contribution in [1.29, 1.82) is 0 Å². The topological polar surface area (TPSA) is 85.3 Å². The van der Waals surface area contributed by atoms with E-state index in [2.05, 4.69) is 4.98 Å². The van der Waals surface area contributed by atoms with Crippen LogP contribution in [-0.4, -0.2) is 29.0 Å². The molecule has 1 fully saturated rings. The van der Waals surface area contributed by atoms with E-state index in [0.29, 0.717) is 12.2 Å². The molecule has 3 rings (SSSR count). The lowest BCUT2D eigenvalue weighted by Gasteiger charge is -2.32. The summed E-state index contributed by atoms with van der Waals surface area (Å²) in [5, 5.41) is 12.2. The SMILES string of the molecule is Cc1nc2cc(N3CCC[C@@H](N)C3)c([N+](=O)[O-])cc2s1. The highest BCUT2D eigenvalue weighted by Gasteiger charge is 2.25. The number of nitro groups is 1. The third kappa shape index (κ3) is 2.34. The van der Waals surface area contributed by atoms with Crippen molar-refractivity contribution in [2.24, 2.45) is 5.73 Å². The summed E-state index contributed by atoms with van der Waals surface area (Å²) in [5.74, 6) is 0. The third-order valence-electron chi connectivity index (χ3n) is 3.59. The van der Waals surface area contributed by atoms with Crippen LogP contribution in [0.1, 0.15) is 17.8 Å². The highest BCUT2D eigenvalue weighted by atomic mass is 32.1. The lowest BCUT2D eigenvalue weighted by atomic mass is 10.1. The standard InChI is InChI=1S/C13H16N4O2S/c1-8-15-10-5-11(16-4-2-3-9(14)7-16)12(17(18)19)6-13(10)20-8/h5-6,9H,2-4,7,14H2,1H3/t9-/m1/s1. The van der Waals surface area contributed by atoms with E-state index in [1.165, 1.54) is 11.3 Å². The molecule has 1 saturated heterocycles. The molecule has 1 atom stereocenters. The number of rotatable bonds is 2. The number of aryl methyl sites for hydroxylation is 1. The van der Waals surface area contributed by atoms with Gasteiger partial charge in [-0.1, -0.05) is 0 Å². The second-order valence-corrected chi connectivity index (χ2v) is 6.38. The van der Waals surface area contributed by atoms with E-state index in [-0.39, 0.29) is 16.7 Å². The Bertz CT molecular complexity index is 670. The Morgan fingerprint density at radius 2 is 2.35 bits per heavy atom. The van der Waals surface area contributed by atoms with Gasteiger partial charge in [-0.2, -0.15) is 0 Å². The number of hydrogen-bond acceptors (Lipinski definition) is 6. The lowest BCUT2D eigenvalue weighted by Crippen LogP contribution is -2.43. The smallest absolute Gasteiger partial charge is 0.294 e. The van der Waals surface area contributed by atoms with Gasteiger partial charge in [0.05, 0.1) is 20.1 Å². The van der Waals surface area contributed by atoms with Crippen molar-refractivity contribution < 1.29 is 4.92 Å². The molecule has 1 aliphatic heterocycles. The summed E-state index contributed by atoms with van der Waals surface area (Å²) in [6.45, 7) is 3.38. The Kier molecular flexibility index (Phi) is 3.31. The van der Waals surface area contributed by atoms with Crippen LogP contribution < -0.4 is 10.6 Å². The quantitative estimate of drug-likeness (QED) is 0.678. The van der Waals surface area contributed by atoms with Gasteiger partial charge in [0.25, 0.3) is 5.69 Å². The molecule has 20 heavy (non-hydrogen) atoms. The molecular formula is C13H16N4O2S. The highest BCUT2D eigenvalue weighted by molar-refractivity contribution is 7.18. The van der Waals surface area contributed by atoms with Crippen LogP contribution in [0.2, 0.25) is 0 Å². The molecule has 0 amide bonds. The average molecular weight is 292 g/mol. The van der Waals surface area contributed by atoms with E-state index in [0.717, 1.165) is 34.6 Å². The number of nitrogens with zero attached hydrogens (tertiary/aromatic N) is 3. The first-order valence-electron chi connectivity index (χ1n) is 6.60. The number of aromatic nitrogens is 1. The molecule has 0 saturated carbocycles. The van der Waals surface area contributed by atoms with Crippen LogP contribution in [0.3, 0.4) is 0 Å². The number of fused-ring (bicyclic) bond motifs is 1. The van der Waals surface area contributed by atoms with Crippen LogP contribution in [0, 0.1) is 17.0 Å². The second kappa shape index (κ2) is 4.99. The minimum atomic E-state index is -0.316. The summed E-state index contributed by atoms with van der Waals surface area (Å²) in [6, 6.07) is 3.54. The summed E-state index contributed by atoms with van der Waals surface area (Å²) in [6.07, 6.45) is 1.94. The van der Waals surface area contributed by atoms with Gasteiger partial charge in [0.15, 0.2) is 0 Å². The zero-order valence-electron chi connectivity index (χ0n) is 11.2. The van der Waals surface area contributed by atoms with Gasteiger partial charge in [0.2, 0.25) is 0 Å². The van der Waals surface area contributed by atoms with Gasteiger partial charge in [-0.3, -0.25) is 10.1 Å². The Morgan fingerprint density at radius 1 is 1.55 bits per heavy atom. The van der Waals surface area contributed by atoms with Gasteiger partial charge >= 0.3 is 0 Å². The summed E-state index contributed by atoms with van der Waals surface area (Å²) in [5.41, 5.74) is 7.60. The Hall–Kier alpha value is -1.73. The Labute approximate surface area is 120 Å². The van der Waals surface area contributed by atoms with Gasteiger partial charge < -0.3 is 10.6 Å². The summed E-state index contributed by atoms with van der Waals surface area (Å²) < 4.78 is 0.860. The molecule has 0 aliphatic carbocycles. The normalized spacial score (nSPS) is 19.5. The molecule has 1 aromatic heterocycles. The lowest BCUT2D eigenvalue weighted by molar-refractivity contribution is -0.384. The van der Waals surface area contributed by atoms with Gasteiger partial charge in [-0.15, -0.1) is 11.3 Å². The second-order valence-electron chi connectivity index (χ2n) is 5.15. The first kappa shape index (κ1) is 13.3. The number of thiazole rings is 1. The molecule has 1 aromatic carbocycles. The van der Waals surface area contributed by atoms with Crippen molar-refractivity contribution in [3.63, 3.8) is 0 Å². The maximum Gasteiger partial charge on any atom is 0.294 e. The number of anilines is 1. The number of benzene rings is 1. The summed E-state index contributed by atoms with van der Waals surface area (Å²) in [4.78, 5) is 17.5. The maximum atomic E-state index is 11.3. The van der Waals surface area contributed by atoms with Crippen molar-refractivity contribution >= 4 is 32.9 Å². The first-order chi connectivity index (χ1) is 9.54. The average Bonchev–Trinajstić information content (AvgIpc) is 2.76. The van der Waals surface area contributed by atoms with Crippen molar-refractivity contribution in [2.75, 3.05) is 18.0 Å². The minimum Gasteiger partial charge on any atom is -0.364 e. The maximum absolute atomic E-state index is 11.3. The fourth-order valence-electron chi connectivity index (χ4n) is 2.70. The van der Waals surface area contributed by atoms with Crippen LogP contribution in [0.25, 0.3) is 10.2 Å². The van der Waals surface area contributed by atoms with Crippen molar-refractivity contribution in [1.82, 2.24) is 4.98 Å². The zero-order valence-corrected chi connectivity index (χ0v) is 12.0. The van der Waals surface area contributed by atoms with Crippen LogP contribution in [0.15, 0.2) is 12.1 Å². The van der Waals surface area contributed by atoms with Gasteiger partial charge in [0.1, 0.15) is 5.69 Å². The minimum absolute atomic E-state index is 0.0798. The van der Waals surface area contributed by atoms with Crippen molar-refractivity contribution in [3.8, 4) is 0 Å². The molecule has 2 N–H and O–H groups in total. The monoisotopic (exact) mass is 292 g/mol. The third-order valence-corrected chi connectivity index (χ3v) is 4.52. The van der Waals surface area contributed by atoms with Crippen LogP contribution in [0.5, 0.6) is 0 Å². The molecule has 6 nitrogen and oxygen atoms in total. The van der Waals surface area contributed by atoms with E-state index in [1.807, 2.05) is 17.9 Å². The Morgan fingerprint density at radius 3 is 3.05 bits per heavy atom.